The molecule has 1 unspecified atom stereocenters. The second kappa shape index (κ2) is 4.93. The summed E-state index contributed by atoms with van der Waals surface area (Å²) in [5.41, 5.74) is 2.78. The predicted molar refractivity (Wildman–Crippen MR) is 75.0 cm³/mol. The van der Waals surface area contributed by atoms with Crippen LogP contribution in [0.5, 0.6) is 0 Å². The molecule has 1 heterocycles. The van der Waals surface area contributed by atoms with Crippen molar-refractivity contribution in [2.75, 3.05) is 11.9 Å². The zero-order valence-corrected chi connectivity index (χ0v) is 11.2. The molecule has 1 aliphatic carbocycles. The van der Waals surface area contributed by atoms with Crippen molar-refractivity contribution in [3.05, 3.63) is 29.8 Å². The average Bonchev–Trinajstić information content (AvgIpc) is 2.98. The van der Waals surface area contributed by atoms with Crippen LogP contribution in [0.25, 0.3) is 0 Å². The topological polar surface area (TPSA) is 21.3 Å². The molecule has 1 N–H and O–H groups in total. The molecular weight excluding hydrogens is 222 g/mol. The van der Waals surface area contributed by atoms with Crippen LogP contribution in [0.1, 0.15) is 44.1 Å². The second-order valence-corrected chi connectivity index (χ2v) is 5.92. The van der Waals surface area contributed by atoms with Crippen LogP contribution in [0.4, 0.5) is 5.69 Å². The molecule has 1 saturated carbocycles. The smallest absolute Gasteiger partial charge is 0.0756 e. The Kier molecular flexibility index (Phi) is 3.29. The van der Waals surface area contributed by atoms with E-state index in [2.05, 4.69) is 36.5 Å². The first-order valence-electron chi connectivity index (χ1n) is 7.24. The molecule has 0 amide bonds. The number of hydrogen-bond acceptors (Lipinski definition) is 2. The molecule has 98 valence electrons. The number of ether oxygens (including phenoxy) is 1. The summed E-state index contributed by atoms with van der Waals surface area (Å²) in [7, 11) is 0. The van der Waals surface area contributed by atoms with Crippen LogP contribution in [0, 0.1) is 6.92 Å². The largest absolute Gasteiger partial charge is 0.382 e. The molecular formula is C16H23NO. The van der Waals surface area contributed by atoms with E-state index >= 15 is 0 Å². The monoisotopic (exact) mass is 245 g/mol. The highest BCUT2D eigenvalue weighted by Gasteiger charge is 2.41. The van der Waals surface area contributed by atoms with Gasteiger partial charge in [-0.2, -0.15) is 0 Å². The Morgan fingerprint density at radius 3 is 2.89 bits per heavy atom. The standard InChI is InChI=1S/C16H23NO/c1-13-5-4-6-14(11-13)17-12-15-7-10-16(18-15)8-2-3-9-16/h4-6,11,15,17H,2-3,7-10,12H2,1H3. The maximum Gasteiger partial charge on any atom is 0.0756 e. The first-order valence-corrected chi connectivity index (χ1v) is 7.24. The summed E-state index contributed by atoms with van der Waals surface area (Å²) in [5.74, 6) is 0. The van der Waals surface area contributed by atoms with Crippen molar-refractivity contribution < 1.29 is 4.74 Å². The van der Waals surface area contributed by atoms with Gasteiger partial charge in [0.1, 0.15) is 0 Å². The Hall–Kier alpha value is -1.02. The van der Waals surface area contributed by atoms with E-state index in [4.69, 9.17) is 4.74 Å². The summed E-state index contributed by atoms with van der Waals surface area (Å²) in [6.07, 6.45) is 8.19. The van der Waals surface area contributed by atoms with E-state index in [1.54, 1.807) is 0 Å². The molecule has 2 nitrogen and oxygen atoms in total. The Morgan fingerprint density at radius 1 is 1.28 bits per heavy atom. The van der Waals surface area contributed by atoms with Gasteiger partial charge in [-0.1, -0.05) is 25.0 Å². The lowest BCUT2D eigenvalue weighted by molar-refractivity contribution is -0.0307. The third-order valence-electron chi connectivity index (χ3n) is 4.41. The van der Waals surface area contributed by atoms with Gasteiger partial charge in [0.15, 0.2) is 0 Å². The Morgan fingerprint density at radius 2 is 2.11 bits per heavy atom. The molecule has 1 aromatic carbocycles. The summed E-state index contributed by atoms with van der Waals surface area (Å²) in [6, 6.07) is 8.56. The van der Waals surface area contributed by atoms with Crippen molar-refractivity contribution in [1.29, 1.82) is 0 Å². The maximum atomic E-state index is 6.30. The maximum absolute atomic E-state index is 6.30. The fraction of sp³-hybridized carbons (Fsp3) is 0.625. The second-order valence-electron chi connectivity index (χ2n) is 5.92. The summed E-state index contributed by atoms with van der Waals surface area (Å²) >= 11 is 0. The molecule has 1 aliphatic heterocycles. The molecule has 1 aromatic rings. The fourth-order valence-electron chi connectivity index (χ4n) is 3.41. The first kappa shape index (κ1) is 12.0. The SMILES string of the molecule is Cc1cccc(NCC2CCC3(CCCC3)O2)c1. The summed E-state index contributed by atoms with van der Waals surface area (Å²) in [5, 5.41) is 3.51. The van der Waals surface area contributed by atoms with E-state index in [9.17, 15) is 0 Å². The number of hydrogen-bond donors (Lipinski definition) is 1. The minimum Gasteiger partial charge on any atom is -0.382 e. The predicted octanol–water partition coefficient (Wildman–Crippen LogP) is 3.90. The number of nitrogens with one attached hydrogen (secondary N) is 1. The lowest BCUT2D eigenvalue weighted by atomic mass is 9.98. The van der Waals surface area contributed by atoms with Crippen molar-refractivity contribution in [1.82, 2.24) is 0 Å². The van der Waals surface area contributed by atoms with Gasteiger partial charge >= 0.3 is 0 Å². The number of benzene rings is 1. The van der Waals surface area contributed by atoms with Crippen molar-refractivity contribution in [3.63, 3.8) is 0 Å². The average molecular weight is 245 g/mol. The molecule has 0 bridgehead atoms. The Labute approximate surface area is 110 Å². The van der Waals surface area contributed by atoms with Crippen LogP contribution in [0.15, 0.2) is 24.3 Å². The highest BCUT2D eigenvalue weighted by Crippen LogP contribution is 2.43. The van der Waals surface area contributed by atoms with Crippen LogP contribution in [-0.4, -0.2) is 18.2 Å². The van der Waals surface area contributed by atoms with Gasteiger partial charge in [0.2, 0.25) is 0 Å². The van der Waals surface area contributed by atoms with E-state index < -0.39 is 0 Å². The number of anilines is 1. The van der Waals surface area contributed by atoms with Gasteiger partial charge in [-0.15, -0.1) is 0 Å². The summed E-state index contributed by atoms with van der Waals surface area (Å²) in [6.45, 7) is 3.08. The summed E-state index contributed by atoms with van der Waals surface area (Å²) < 4.78 is 6.30. The van der Waals surface area contributed by atoms with Gasteiger partial charge < -0.3 is 10.1 Å². The van der Waals surface area contributed by atoms with Crippen LogP contribution in [0.2, 0.25) is 0 Å². The molecule has 1 spiro atoms. The fourth-order valence-corrected chi connectivity index (χ4v) is 3.41. The van der Waals surface area contributed by atoms with Crippen molar-refractivity contribution in [3.8, 4) is 0 Å². The highest BCUT2D eigenvalue weighted by atomic mass is 16.5. The van der Waals surface area contributed by atoms with Crippen LogP contribution in [0.3, 0.4) is 0 Å². The third-order valence-corrected chi connectivity index (χ3v) is 4.41. The van der Waals surface area contributed by atoms with Crippen molar-refractivity contribution in [2.45, 2.75) is 57.2 Å². The lowest BCUT2D eigenvalue weighted by Gasteiger charge is -2.24. The lowest BCUT2D eigenvalue weighted by Crippen LogP contribution is -2.27. The zero-order valence-electron chi connectivity index (χ0n) is 11.2. The minimum atomic E-state index is 0.263. The van der Waals surface area contributed by atoms with Crippen LogP contribution < -0.4 is 5.32 Å². The van der Waals surface area contributed by atoms with Gasteiger partial charge in [-0.25, -0.2) is 0 Å². The van der Waals surface area contributed by atoms with Gasteiger partial charge in [0.05, 0.1) is 11.7 Å². The van der Waals surface area contributed by atoms with Gasteiger partial charge in [0.25, 0.3) is 0 Å². The molecule has 2 aliphatic rings. The van der Waals surface area contributed by atoms with E-state index in [0.717, 1.165) is 6.54 Å². The van der Waals surface area contributed by atoms with E-state index in [1.165, 1.54) is 49.8 Å². The minimum absolute atomic E-state index is 0.263. The highest BCUT2D eigenvalue weighted by molar-refractivity contribution is 5.45. The van der Waals surface area contributed by atoms with Gasteiger partial charge in [-0.3, -0.25) is 0 Å². The third kappa shape index (κ3) is 2.54. The quantitative estimate of drug-likeness (QED) is 0.872. The van der Waals surface area contributed by atoms with Gasteiger partial charge in [0, 0.05) is 12.2 Å². The molecule has 2 heteroatoms. The normalized spacial score (nSPS) is 25.7. The summed E-state index contributed by atoms with van der Waals surface area (Å²) in [4.78, 5) is 0. The first-order chi connectivity index (χ1) is 8.76. The Bertz CT molecular complexity index is 409. The molecule has 2 fully saturated rings. The van der Waals surface area contributed by atoms with Crippen LogP contribution >= 0.6 is 0 Å². The molecule has 18 heavy (non-hydrogen) atoms. The molecule has 1 atom stereocenters. The number of aryl methyl sites for hydroxylation is 1. The molecule has 0 radical (unpaired) electrons. The van der Waals surface area contributed by atoms with E-state index in [1.807, 2.05) is 0 Å². The molecule has 0 aromatic heterocycles. The molecule has 1 saturated heterocycles. The van der Waals surface area contributed by atoms with Crippen molar-refractivity contribution >= 4 is 5.69 Å². The van der Waals surface area contributed by atoms with E-state index in [0.29, 0.717) is 6.10 Å². The molecule has 3 rings (SSSR count). The number of rotatable bonds is 3. The van der Waals surface area contributed by atoms with E-state index in [-0.39, 0.29) is 5.60 Å². The Balaban J connectivity index is 1.52. The van der Waals surface area contributed by atoms with Crippen molar-refractivity contribution in [2.24, 2.45) is 0 Å². The van der Waals surface area contributed by atoms with Crippen LogP contribution in [-0.2, 0) is 4.74 Å². The van der Waals surface area contributed by atoms with Gasteiger partial charge in [-0.05, 0) is 50.3 Å². The zero-order chi connectivity index (χ0) is 12.4.